The van der Waals surface area contributed by atoms with Crippen LogP contribution in [0.1, 0.15) is 29.2 Å². The van der Waals surface area contributed by atoms with Crippen LogP contribution in [0.15, 0.2) is 77.9 Å². The molecule has 1 amide bonds. The van der Waals surface area contributed by atoms with Gasteiger partial charge in [-0.3, -0.25) is 14.6 Å². The lowest BCUT2D eigenvalue weighted by atomic mass is 9.97. The van der Waals surface area contributed by atoms with Crippen molar-refractivity contribution in [3.05, 3.63) is 95.3 Å². The fourth-order valence-corrected chi connectivity index (χ4v) is 5.10. The molecule has 0 saturated carbocycles. The molecule has 0 spiro atoms. The molecule has 2 aliphatic rings. The van der Waals surface area contributed by atoms with Crippen LogP contribution in [0.2, 0.25) is 0 Å². The van der Waals surface area contributed by atoms with Gasteiger partial charge >= 0.3 is 0 Å². The fourth-order valence-electron chi connectivity index (χ4n) is 5.10. The van der Waals surface area contributed by atoms with Crippen molar-refractivity contribution in [2.75, 3.05) is 46.9 Å². The topological polar surface area (TPSA) is 57.6 Å². The molecule has 1 fully saturated rings. The van der Waals surface area contributed by atoms with E-state index in [1.807, 2.05) is 24.3 Å². The van der Waals surface area contributed by atoms with E-state index < -0.39 is 0 Å². The first-order valence-corrected chi connectivity index (χ1v) is 12.9. The van der Waals surface area contributed by atoms with E-state index in [-0.39, 0.29) is 24.3 Å². The lowest BCUT2D eigenvalue weighted by molar-refractivity contribution is -0.134. The maximum absolute atomic E-state index is 13.7. The number of hydrazone groups is 1. The van der Waals surface area contributed by atoms with Crippen LogP contribution in [0.5, 0.6) is 11.5 Å². The lowest BCUT2D eigenvalue weighted by Gasteiger charge is -2.35. The molecule has 38 heavy (non-hydrogen) atoms. The number of amides is 1. The van der Waals surface area contributed by atoms with Gasteiger partial charge in [-0.15, -0.1) is 0 Å². The number of nitrogens with zero attached hydrogens (tertiary/aromatic N) is 4. The van der Waals surface area contributed by atoms with Crippen molar-refractivity contribution >= 4 is 11.6 Å². The Morgan fingerprint density at radius 1 is 0.921 bits per heavy atom. The first kappa shape index (κ1) is 25.9. The van der Waals surface area contributed by atoms with Crippen LogP contribution >= 0.6 is 0 Å². The number of carbonyl (C=O) groups excluding carboxylic acids is 1. The molecule has 1 atom stereocenters. The van der Waals surface area contributed by atoms with Crippen molar-refractivity contribution in [3.63, 3.8) is 0 Å². The molecule has 2 heterocycles. The molecule has 1 saturated heterocycles. The van der Waals surface area contributed by atoms with Crippen molar-refractivity contribution in [3.8, 4) is 11.5 Å². The highest BCUT2D eigenvalue weighted by Gasteiger charge is 2.35. The maximum atomic E-state index is 13.7. The molecule has 0 aromatic heterocycles. The molecule has 3 aromatic carbocycles. The molecule has 8 heteroatoms. The summed E-state index contributed by atoms with van der Waals surface area (Å²) >= 11 is 0. The summed E-state index contributed by atoms with van der Waals surface area (Å²) in [6, 6.07) is 22.0. The van der Waals surface area contributed by atoms with Crippen LogP contribution in [-0.4, -0.2) is 73.4 Å². The Kier molecular flexibility index (Phi) is 8.00. The number of methoxy groups -OCH3 is 2. The second-order valence-corrected chi connectivity index (χ2v) is 9.66. The Morgan fingerprint density at radius 2 is 1.63 bits per heavy atom. The molecule has 198 valence electrons. The Balaban J connectivity index is 1.31. The van der Waals surface area contributed by atoms with E-state index in [1.165, 1.54) is 17.7 Å². The van der Waals surface area contributed by atoms with Crippen LogP contribution in [0.3, 0.4) is 0 Å². The van der Waals surface area contributed by atoms with E-state index in [4.69, 9.17) is 14.6 Å². The van der Waals surface area contributed by atoms with E-state index in [1.54, 1.807) is 31.4 Å². The lowest BCUT2D eigenvalue weighted by Crippen LogP contribution is -2.49. The summed E-state index contributed by atoms with van der Waals surface area (Å²) in [5, 5.41) is 6.36. The quantitative estimate of drug-likeness (QED) is 0.446. The first-order chi connectivity index (χ1) is 18.5. The molecule has 0 bridgehead atoms. The molecule has 5 rings (SSSR count). The number of hydrogen-bond acceptors (Lipinski definition) is 6. The Morgan fingerprint density at radius 3 is 2.32 bits per heavy atom. The van der Waals surface area contributed by atoms with E-state index in [9.17, 15) is 9.18 Å². The average molecular weight is 517 g/mol. The van der Waals surface area contributed by atoms with E-state index in [2.05, 4.69) is 34.1 Å². The number of carbonyl (C=O) groups is 1. The van der Waals surface area contributed by atoms with Gasteiger partial charge in [0.05, 0.1) is 32.5 Å². The van der Waals surface area contributed by atoms with Gasteiger partial charge in [0, 0.05) is 50.8 Å². The summed E-state index contributed by atoms with van der Waals surface area (Å²) in [7, 11) is 3.21. The number of piperazine rings is 1. The first-order valence-electron chi connectivity index (χ1n) is 12.9. The van der Waals surface area contributed by atoms with Crippen molar-refractivity contribution in [2.45, 2.75) is 19.0 Å². The predicted octanol–water partition coefficient (Wildman–Crippen LogP) is 4.34. The zero-order chi connectivity index (χ0) is 26.5. The number of hydrogen-bond donors (Lipinski definition) is 0. The standard InChI is InChI=1S/C30H33FN4O3/c1-37-25-12-13-26(29(18-25)38-2)27-19-28(23-8-10-24(31)11-9-23)35(32-27)30(36)21-34-16-14-33(15-17-34)20-22-6-4-3-5-7-22/h3-13,18,28H,14-17,19-21H2,1-2H3. The second kappa shape index (κ2) is 11.8. The average Bonchev–Trinajstić information content (AvgIpc) is 3.40. The Hall–Kier alpha value is -3.75. The zero-order valence-corrected chi connectivity index (χ0v) is 21.8. The van der Waals surface area contributed by atoms with Gasteiger partial charge in [-0.1, -0.05) is 42.5 Å². The van der Waals surface area contributed by atoms with E-state index in [0.29, 0.717) is 17.9 Å². The fraction of sp³-hybridized carbons (Fsp3) is 0.333. The third-order valence-electron chi connectivity index (χ3n) is 7.21. The monoisotopic (exact) mass is 516 g/mol. The highest BCUT2D eigenvalue weighted by Crippen LogP contribution is 2.36. The third-order valence-corrected chi connectivity index (χ3v) is 7.21. The summed E-state index contributed by atoms with van der Waals surface area (Å²) in [6.45, 7) is 4.64. The van der Waals surface area contributed by atoms with Crippen LogP contribution in [-0.2, 0) is 11.3 Å². The molecule has 7 nitrogen and oxygen atoms in total. The number of benzene rings is 3. The van der Waals surface area contributed by atoms with Gasteiger partial charge < -0.3 is 9.47 Å². The highest BCUT2D eigenvalue weighted by molar-refractivity contribution is 6.05. The summed E-state index contributed by atoms with van der Waals surface area (Å²) in [5.41, 5.74) is 3.70. The minimum absolute atomic E-state index is 0.0710. The number of rotatable bonds is 8. The smallest absolute Gasteiger partial charge is 0.257 e. The van der Waals surface area contributed by atoms with Crippen molar-refractivity contribution in [2.24, 2.45) is 5.10 Å². The minimum atomic E-state index is -0.315. The third kappa shape index (κ3) is 5.87. The summed E-state index contributed by atoms with van der Waals surface area (Å²) in [4.78, 5) is 18.2. The molecule has 2 aliphatic heterocycles. The van der Waals surface area contributed by atoms with E-state index in [0.717, 1.165) is 49.6 Å². The molecule has 0 aliphatic carbocycles. The largest absolute Gasteiger partial charge is 0.497 e. The van der Waals surface area contributed by atoms with Crippen molar-refractivity contribution in [1.82, 2.24) is 14.8 Å². The molecular formula is C30H33FN4O3. The minimum Gasteiger partial charge on any atom is -0.497 e. The number of halogens is 1. The van der Waals surface area contributed by atoms with Gasteiger partial charge in [0.1, 0.15) is 17.3 Å². The normalized spacial score (nSPS) is 18.3. The second-order valence-electron chi connectivity index (χ2n) is 9.66. The highest BCUT2D eigenvalue weighted by atomic mass is 19.1. The summed E-state index contributed by atoms with van der Waals surface area (Å²) < 4.78 is 24.6. The molecule has 1 unspecified atom stereocenters. The van der Waals surface area contributed by atoms with Gasteiger partial charge in [0.15, 0.2) is 0 Å². The predicted molar refractivity (Wildman–Crippen MR) is 145 cm³/mol. The van der Waals surface area contributed by atoms with Gasteiger partial charge in [-0.2, -0.15) is 5.10 Å². The zero-order valence-electron chi connectivity index (χ0n) is 21.8. The summed E-state index contributed by atoms with van der Waals surface area (Å²) in [6.07, 6.45) is 0.505. The van der Waals surface area contributed by atoms with E-state index >= 15 is 0 Å². The van der Waals surface area contributed by atoms with Crippen LogP contribution < -0.4 is 9.47 Å². The van der Waals surface area contributed by atoms with Gasteiger partial charge in [-0.25, -0.2) is 9.40 Å². The molecular weight excluding hydrogens is 483 g/mol. The van der Waals surface area contributed by atoms with Gasteiger partial charge in [-0.05, 0) is 35.4 Å². The SMILES string of the molecule is COc1ccc(C2=NN(C(=O)CN3CCN(Cc4ccccc4)CC3)C(c3ccc(F)cc3)C2)c(OC)c1. The molecule has 0 radical (unpaired) electrons. The van der Waals surface area contributed by atoms with Crippen LogP contribution in [0.4, 0.5) is 4.39 Å². The number of ether oxygens (including phenoxy) is 2. The van der Waals surface area contributed by atoms with Crippen molar-refractivity contribution in [1.29, 1.82) is 0 Å². The van der Waals surface area contributed by atoms with Crippen LogP contribution in [0, 0.1) is 5.82 Å². The van der Waals surface area contributed by atoms with Gasteiger partial charge in [0.25, 0.3) is 5.91 Å². The van der Waals surface area contributed by atoms with Gasteiger partial charge in [0.2, 0.25) is 0 Å². The van der Waals surface area contributed by atoms with Crippen molar-refractivity contribution < 1.29 is 18.7 Å². The molecule has 0 N–H and O–H groups in total. The van der Waals surface area contributed by atoms with Crippen LogP contribution in [0.25, 0.3) is 0 Å². The summed E-state index contributed by atoms with van der Waals surface area (Å²) in [5.74, 6) is 0.928. The maximum Gasteiger partial charge on any atom is 0.257 e. The Labute approximate surface area is 223 Å². The Bertz CT molecular complexity index is 1270. The molecule has 3 aromatic rings.